The molecule has 0 amide bonds. The quantitative estimate of drug-likeness (QED) is 0.825. The summed E-state index contributed by atoms with van der Waals surface area (Å²) in [6.45, 7) is 1.65. The Morgan fingerprint density at radius 1 is 1.05 bits per heavy atom. The van der Waals surface area contributed by atoms with E-state index in [1.165, 1.54) is 6.07 Å². The maximum absolute atomic E-state index is 12.7. The number of halogens is 3. The highest BCUT2D eigenvalue weighted by Crippen LogP contribution is 2.32. The van der Waals surface area contributed by atoms with E-state index in [0.717, 1.165) is 22.6 Å². The number of benzene rings is 2. The molecule has 2 N–H and O–H groups in total. The lowest BCUT2D eigenvalue weighted by atomic mass is 9.94. The summed E-state index contributed by atoms with van der Waals surface area (Å²) < 4.78 is 38.0. The van der Waals surface area contributed by atoms with Gasteiger partial charge in [0.05, 0.1) is 11.6 Å². The number of hydrogen-bond acceptors (Lipinski definition) is 2. The zero-order valence-electron chi connectivity index (χ0n) is 11.7. The number of rotatable bonds is 3. The van der Waals surface area contributed by atoms with Gasteiger partial charge in [0.15, 0.2) is 0 Å². The van der Waals surface area contributed by atoms with Crippen LogP contribution in [0.25, 0.3) is 0 Å². The van der Waals surface area contributed by atoms with Crippen LogP contribution in [0.2, 0.25) is 0 Å². The maximum atomic E-state index is 12.7. The molecular weight excluding hydrogens is 295 g/mol. The minimum absolute atomic E-state index is 0.428. The first-order valence-corrected chi connectivity index (χ1v) is 7.62. The third kappa shape index (κ3) is 3.60. The van der Waals surface area contributed by atoms with E-state index in [0.29, 0.717) is 11.1 Å². The average Bonchev–Trinajstić information content (AvgIpc) is 2.45. The Kier molecular flexibility index (Phi) is 4.64. The standard InChI is InChI=1S/C16H16F3NS/c1-10-9-12(16(17,18)19)5-8-14(10)15(20)11-3-6-13(21-2)7-4-11/h3-9,15H,20H2,1-2H3. The van der Waals surface area contributed by atoms with Crippen LogP contribution < -0.4 is 5.73 Å². The van der Waals surface area contributed by atoms with Gasteiger partial charge in [0, 0.05) is 4.90 Å². The predicted molar refractivity (Wildman–Crippen MR) is 80.4 cm³/mol. The average molecular weight is 311 g/mol. The molecule has 0 saturated carbocycles. The van der Waals surface area contributed by atoms with Gasteiger partial charge in [-0.25, -0.2) is 0 Å². The molecule has 0 fully saturated rings. The minimum Gasteiger partial charge on any atom is -0.320 e. The first-order chi connectivity index (χ1) is 9.82. The van der Waals surface area contributed by atoms with E-state index in [1.54, 1.807) is 18.7 Å². The van der Waals surface area contributed by atoms with Crippen molar-refractivity contribution in [2.24, 2.45) is 5.73 Å². The van der Waals surface area contributed by atoms with Crippen LogP contribution in [0, 0.1) is 6.92 Å². The van der Waals surface area contributed by atoms with Gasteiger partial charge in [0.1, 0.15) is 0 Å². The van der Waals surface area contributed by atoms with Crippen molar-refractivity contribution in [3.8, 4) is 0 Å². The Hall–Kier alpha value is -1.46. The van der Waals surface area contributed by atoms with Gasteiger partial charge in [0.2, 0.25) is 0 Å². The Morgan fingerprint density at radius 2 is 1.67 bits per heavy atom. The van der Waals surface area contributed by atoms with Gasteiger partial charge in [-0.05, 0) is 54.1 Å². The molecule has 0 radical (unpaired) electrons. The third-order valence-corrected chi connectivity index (χ3v) is 4.15. The second-order valence-electron chi connectivity index (χ2n) is 4.82. The molecule has 0 aliphatic heterocycles. The van der Waals surface area contributed by atoms with E-state index >= 15 is 0 Å². The molecule has 1 atom stereocenters. The van der Waals surface area contributed by atoms with E-state index in [1.807, 2.05) is 30.5 Å². The monoisotopic (exact) mass is 311 g/mol. The largest absolute Gasteiger partial charge is 0.416 e. The summed E-state index contributed by atoms with van der Waals surface area (Å²) in [7, 11) is 0. The lowest BCUT2D eigenvalue weighted by molar-refractivity contribution is -0.137. The van der Waals surface area contributed by atoms with Crippen LogP contribution in [0.1, 0.15) is 28.3 Å². The number of hydrogen-bond donors (Lipinski definition) is 1. The molecule has 0 aromatic heterocycles. The van der Waals surface area contributed by atoms with Crippen LogP contribution in [0.4, 0.5) is 13.2 Å². The van der Waals surface area contributed by atoms with Gasteiger partial charge in [-0.2, -0.15) is 13.2 Å². The van der Waals surface area contributed by atoms with Gasteiger partial charge < -0.3 is 5.73 Å². The molecule has 0 aliphatic rings. The molecule has 1 unspecified atom stereocenters. The van der Waals surface area contributed by atoms with Crippen molar-refractivity contribution in [1.82, 2.24) is 0 Å². The van der Waals surface area contributed by atoms with E-state index in [9.17, 15) is 13.2 Å². The van der Waals surface area contributed by atoms with E-state index in [2.05, 4.69) is 0 Å². The highest BCUT2D eigenvalue weighted by atomic mass is 32.2. The molecular formula is C16H16F3NS. The lowest BCUT2D eigenvalue weighted by Gasteiger charge is -2.17. The summed E-state index contributed by atoms with van der Waals surface area (Å²) >= 11 is 1.63. The second kappa shape index (κ2) is 6.12. The van der Waals surface area contributed by atoms with Gasteiger partial charge in [-0.3, -0.25) is 0 Å². The minimum atomic E-state index is -4.33. The summed E-state index contributed by atoms with van der Waals surface area (Å²) in [6, 6.07) is 11.0. The molecule has 0 spiro atoms. The molecule has 0 aliphatic carbocycles. The fraction of sp³-hybridized carbons (Fsp3) is 0.250. The van der Waals surface area contributed by atoms with Crippen molar-refractivity contribution in [3.05, 3.63) is 64.7 Å². The first kappa shape index (κ1) is 15.9. The van der Waals surface area contributed by atoms with E-state index in [-0.39, 0.29) is 0 Å². The van der Waals surface area contributed by atoms with Crippen molar-refractivity contribution in [2.45, 2.75) is 24.0 Å². The zero-order chi connectivity index (χ0) is 15.6. The van der Waals surface area contributed by atoms with Crippen molar-refractivity contribution >= 4 is 11.8 Å². The van der Waals surface area contributed by atoms with Crippen LogP contribution in [0.3, 0.4) is 0 Å². The molecule has 0 bridgehead atoms. The summed E-state index contributed by atoms with van der Waals surface area (Å²) in [6.07, 6.45) is -2.34. The Balaban J connectivity index is 2.32. The molecule has 0 saturated heterocycles. The molecule has 112 valence electrons. The summed E-state index contributed by atoms with van der Waals surface area (Å²) in [5, 5.41) is 0. The van der Waals surface area contributed by atoms with Crippen LogP contribution in [0.5, 0.6) is 0 Å². The van der Waals surface area contributed by atoms with Gasteiger partial charge >= 0.3 is 6.18 Å². The van der Waals surface area contributed by atoms with Crippen LogP contribution in [0.15, 0.2) is 47.4 Å². The van der Waals surface area contributed by atoms with E-state index in [4.69, 9.17) is 5.73 Å². The maximum Gasteiger partial charge on any atom is 0.416 e. The highest BCUT2D eigenvalue weighted by Gasteiger charge is 2.30. The SMILES string of the molecule is CSc1ccc(C(N)c2ccc(C(F)(F)F)cc2C)cc1. The van der Waals surface area contributed by atoms with Crippen LogP contribution in [-0.2, 0) is 6.18 Å². The fourth-order valence-corrected chi connectivity index (χ4v) is 2.60. The summed E-state index contributed by atoms with van der Waals surface area (Å²) in [5.41, 5.74) is 7.68. The Bertz CT molecular complexity index is 620. The van der Waals surface area contributed by atoms with Gasteiger partial charge in [-0.1, -0.05) is 18.2 Å². The topological polar surface area (TPSA) is 26.0 Å². The molecule has 0 heterocycles. The van der Waals surface area contributed by atoms with Crippen molar-refractivity contribution in [3.63, 3.8) is 0 Å². The van der Waals surface area contributed by atoms with Crippen molar-refractivity contribution in [2.75, 3.05) is 6.26 Å². The van der Waals surface area contributed by atoms with Crippen molar-refractivity contribution < 1.29 is 13.2 Å². The second-order valence-corrected chi connectivity index (χ2v) is 5.70. The zero-order valence-corrected chi connectivity index (χ0v) is 12.6. The van der Waals surface area contributed by atoms with E-state index < -0.39 is 17.8 Å². The Labute approximate surface area is 126 Å². The number of nitrogens with two attached hydrogens (primary N) is 1. The lowest BCUT2D eigenvalue weighted by Crippen LogP contribution is -2.14. The van der Waals surface area contributed by atoms with Crippen LogP contribution in [-0.4, -0.2) is 6.26 Å². The molecule has 2 aromatic carbocycles. The molecule has 5 heteroatoms. The Morgan fingerprint density at radius 3 is 2.14 bits per heavy atom. The molecule has 2 rings (SSSR count). The third-order valence-electron chi connectivity index (χ3n) is 3.41. The number of thioether (sulfide) groups is 1. The smallest absolute Gasteiger partial charge is 0.320 e. The number of aryl methyl sites for hydroxylation is 1. The van der Waals surface area contributed by atoms with Crippen LogP contribution >= 0.6 is 11.8 Å². The number of alkyl halides is 3. The normalized spacial score (nSPS) is 13.2. The molecule has 2 aromatic rings. The highest BCUT2D eigenvalue weighted by molar-refractivity contribution is 7.98. The summed E-state index contributed by atoms with van der Waals surface area (Å²) in [5.74, 6) is 0. The fourth-order valence-electron chi connectivity index (χ4n) is 2.19. The molecule has 1 nitrogen and oxygen atoms in total. The van der Waals surface area contributed by atoms with Gasteiger partial charge in [0.25, 0.3) is 0 Å². The van der Waals surface area contributed by atoms with Crippen molar-refractivity contribution in [1.29, 1.82) is 0 Å². The van der Waals surface area contributed by atoms with Gasteiger partial charge in [-0.15, -0.1) is 11.8 Å². The molecule has 21 heavy (non-hydrogen) atoms. The first-order valence-electron chi connectivity index (χ1n) is 6.40. The summed E-state index contributed by atoms with van der Waals surface area (Å²) in [4.78, 5) is 1.12. The predicted octanol–water partition coefficient (Wildman–Crippen LogP) is 4.78.